The molecule has 0 N–H and O–H groups in total. The summed E-state index contributed by atoms with van der Waals surface area (Å²) in [5.74, 6) is 0.284. The molecular weight excluding hydrogens is 142 g/mol. The average Bonchev–Trinajstić information content (AvgIpc) is 2.04. The van der Waals surface area contributed by atoms with Gasteiger partial charge in [-0.2, -0.15) is 0 Å². The van der Waals surface area contributed by atoms with Crippen LogP contribution in [-0.2, 0) is 9.53 Å². The van der Waals surface area contributed by atoms with Crippen LogP contribution in [0.1, 0.15) is 13.3 Å². The van der Waals surface area contributed by atoms with E-state index in [1.54, 1.807) is 0 Å². The summed E-state index contributed by atoms with van der Waals surface area (Å²) in [6.45, 7) is 4.09. The van der Waals surface area contributed by atoms with Crippen LogP contribution in [0.4, 0.5) is 0 Å². The lowest BCUT2D eigenvalue weighted by Gasteiger charge is -2.30. The molecule has 11 heavy (non-hydrogen) atoms. The van der Waals surface area contributed by atoms with Gasteiger partial charge in [-0.15, -0.1) is 0 Å². The number of carbonyl (C=O) groups excluding carboxylic acids is 1. The van der Waals surface area contributed by atoms with Crippen molar-refractivity contribution in [3.63, 3.8) is 0 Å². The highest BCUT2D eigenvalue weighted by Crippen LogP contribution is 2.06. The topological polar surface area (TPSA) is 29.5 Å². The SMILES string of the molecule is CCC(=O)C1COCCN1C. The maximum atomic E-state index is 11.3. The monoisotopic (exact) mass is 157 g/mol. The third kappa shape index (κ3) is 2.01. The molecule has 0 amide bonds. The summed E-state index contributed by atoms with van der Waals surface area (Å²) in [5.41, 5.74) is 0. The molecule has 0 bridgehead atoms. The quantitative estimate of drug-likeness (QED) is 0.577. The number of nitrogens with zero attached hydrogens (tertiary/aromatic N) is 1. The predicted molar refractivity (Wildman–Crippen MR) is 42.5 cm³/mol. The Kier molecular flexibility index (Phi) is 3.02. The number of morpholine rings is 1. The van der Waals surface area contributed by atoms with Crippen LogP contribution < -0.4 is 0 Å². The van der Waals surface area contributed by atoms with Crippen LogP contribution in [0.2, 0.25) is 0 Å². The molecule has 1 unspecified atom stereocenters. The third-order valence-corrected chi connectivity index (χ3v) is 2.12. The second kappa shape index (κ2) is 3.83. The molecule has 0 aromatic heterocycles. The molecule has 0 aromatic carbocycles. The Hall–Kier alpha value is -0.410. The summed E-state index contributed by atoms with van der Waals surface area (Å²) in [6, 6.07) is 0.00810. The van der Waals surface area contributed by atoms with E-state index in [2.05, 4.69) is 4.90 Å². The minimum absolute atomic E-state index is 0.00810. The summed E-state index contributed by atoms with van der Waals surface area (Å²) in [5, 5.41) is 0. The Morgan fingerprint density at radius 1 is 1.73 bits per heavy atom. The molecule has 1 fully saturated rings. The fraction of sp³-hybridized carbons (Fsp3) is 0.875. The van der Waals surface area contributed by atoms with Gasteiger partial charge in [0.25, 0.3) is 0 Å². The predicted octanol–water partition coefficient (Wildman–Crippen LogP) is 0.296. The summed E-state index contributed by atoms with van der Waals surface area (Å²) in [6.07, 6.45) is 0.609. The number of hydrogen-bond donors (Lipinski definition) is 0. The molecule has 3 heteroatoms. The Bertz CT molecular complexity index is 147. The van der Waals surface area contributed by atoms with E-state index in [0.717, 1.165) is 13.2 Å². The number of carbonyl (C=O) groups is 1. The zero-order valence-electron chi connectivity index (χ0n) is 7.17. The van der Waals surface area contributed by atoms with Crippen LogP contribution in [0.15, 0.2) is 0 Å². The van der Waals surface area contributed by atoms with Gasteiger partial charge >= 0.3 is 0 Å². The maximum absolute atomic E-state index is 11.3. The zero-order valence-corrected chi connectivity index (χ0v) is 7.17. The molecule has 0 radical (unpaired) electrons. The van der Waals surface area contributed by atoms with E-state index < -0.39 is 0 Å². The minimum Gasteiger partial charge on any atom is -0.378 e. The first-order valence-corrected chi connectivity index (χ1v) is 4.06. The number of ketones is 1. The van der Waals surface area contributed by atoms with E-state index in [-0.39, 0.29) is 11.8 Å². The standard InChI is InChI=1S/C8H15NO2/c1-3-8(10)7-6-11-5-4-9(7)2/h7H,3-6H2,1-2H3. The molecule has 64 valence electrons. The number of Topliss-reactive ketones (excluding diaryl/α,β-unsaturated/α-hetero) is 1. The van der Waals surface area contributed by atoms with Crippen molar-refractivity contribution in [2.45, 2.75) is 19.4 Å². The first-order valence-electron chi connectivity index (χ1n) is 4.06. The van der Waals surface area contributed by atoms with Crippen molar-refractivity contribution < 1.29 is 9.53 Å². The smallest absolute Gasteiger partial charge is 0.152 e. The van der Waals surface area contributed by atoms with Crippen LogP contribution in [0.5, 0.6) is 0 Å². The van der Waals surface area contributed by atoms with Gasteiger partial charge in [-0.05, 0) is 7.05 Å². The third-order valence-electron chi connectivity index (χ3n) is 2.12. The fourth-order valence-corrected chi connectivity index (χ4v) is 1.26. The Morgan fingerprint density at radius 3 is 3.00 bits per heavy atom. The van der Waals surface area contributed by atoms with Crippen molar-refractivity contribution in [3.05, 3.63) is 0 Å². The van der Waals surface area contributed by atoms with Gasteiger partial charge in [0.2, 0.25) is 0 Å². The van der Waals surface area contributed by atoms with Crippen molar-refractivity contribution in [2.24, 2.45) is 0 Å². The molecule has 1 saturated heterocycles. The van der Waals surface area contributed by atoms with Crippen LogP contribution in [0, 0.1) is 0 Å². The highest BCUT2D eigenvalue weighted by atomic mass is 16.5. The fourth-order valence-electron chi connectivity index (χ4n) is 1.26. The van der Waals surface area contributed by atoms with E-state index in [1.807, 2.05) is 14.0 Å². The van der Waals surface area contributed by atoms with Gasteiger partial charge in [0.15, 0.2) is 5.78 Å². The molecule has 1 aliphatic heterocycles. The molecule has 3 nitrogen and oxygen atoms in total. The lowest BCUT2D eigenvalue weighted by atomic mass is 10.1. The van der Waals surface area contributed by atoms with Crippen LogP contribution in [0.25, 0.3) is 0 Å². The van der Waals surface area contributed by atoms with Crippen molar-refractivity contribution in [2.75, 3.05) is 26.8 Å². The summed E-state index contributed by atoms with van der Waals surface area (Å²) in [4.78, 5) is 13.3. The van der Waals surface area contributed by atoms with E-state index >= 15 is 0 Å². The van der Waals surface area contributed by atoms with Gasteiger partial charge in [0, 0.05) is 13.0 Å². The number of hydrogen-bond acceptors (Lipinski definition) is 3. The number of ether oxygens (including phenoxy) is 1. The van der Waals surface area contributed by atoms with Gasteiger partial charge in [0.1, 0.15) is 0 Å². The highest BCUT2D eigenvalue weighted by molar-refractivity contribution is 5.83. The van der Waals surface area contributed by atoms with Gasteiger partial charge in [-0.1, -0.05) is 6.92 Å². The van der Waals surface area contributed by atoms with E-state index in [4.69, 9.17) is 4.74 Å². The van der Waals surface area contributed by atoms with Crippen LogP contribution >= 0.6 is 0 Å². The molecular formula is C8H15NO2. The van der Waals surface area contributed by atoms with Crippen LogP contribution in [-0.4, -0.2) is 43.5 Å². The van der Waals surface area contributed by atoms with E-state index in [0.29, 0.717) is 13.0 Å². The van der Waals surface area contributed by atoms with Gasteiger partial charge in [0.05, 0.1) is 19.3 Å². The number of rotatable bonds is 2. The van der Waals surface area contributed by atoms with Gasteiger partial charge < -0.3 is 4.74 Å². The average molecular weight is 157 g/mol. The first kappa shape index (κ1) is 8.68. The molecule has 1 rings (SSSR count). The molecule has 0 spiro atoms. The van der Waals surface area contributed by atoms with Crippen molar-refractivity contribution in [1.82, 2.24) is 4.90 Å². The van der Waals surface area contributed by atoms with E-state index in [1.165, 1.54) is 0 Å². The Labute approximate surface area is 67.3 Å². The van der Waals surface area contributed by atoms with Crippen molar-refractivity contribution in [1.29, 1.82) is 0 Å². The Morgan fingerprint density at radius 2 is 2.45 bits per heavy atom. The highest BCUT2D eigenvalue weighted by Gasteiger charge is 2.24. The van der Waals surface area contributed by atoms with Crippen LogP contribution in [0.3, 0.4) is 0 Å². The molecule has 0 aromatic rings. The second-order valence-corrected chi connectivity index (χ2v) is 2.89. The maximum Gasteiger partial charge on any atom is 0.152 e. The van der Waals surface area contributed by atoms with Gasteiger partial charge in [-0.25, -0.2) is 0 Å². The molecule has 1 heterocycles. The normalized spacial score (nSPS) is 26.9. The first-order chi connectivity index (χ1) is 5.25. The molecule has 0 aliphatic carbocycles. The van der Waals surface area contributed by atoms with Crippen molar-refractivity contribution >= 4 is 5.78 Å². The molecule has 1 aliphatic rings. The number of likely N-dealkylation sites (N-methyl/N-ethyl adjacent to an activating group) is 1. The minimum atomic E-state index is 0.00810. The summed E-state index contributed by atoms with van der Waals surface area (Å²) < 4.78 is 5.21. The van der Waals surface area contributed by atoms with Crippen molar-refractivity contribution in [3.8, 4) is 0 Å². The summed E-state index contributed by atoms with van der Waals surface area (Å²) >= 11 is 0. The molecule has 1 atom stereocenters. The molecule has 0 saturated carbocycles. The van der Waals surface area contributed by atoms with Gasteiger partial charge in [-0.3, -0.25) is 9.69 Å². The summed E-state index contributed by atoms with van der Waals surface area (Å²) in [7, 11) is 1.97. The zero-order chi connectivity index (χ0) is 8.27. The largest absolute Gasteiger partial charge is 0.378 e. The second-order valence-electron chi connectivity index (χ2n) is 2.89. The Balaban J connectivity index is 2.47. The van der Waals surface area contributed by atoms with E-state index in [9.17, 15) is 4.79 Å². The lowest BCUT2D eigenvalue weighted by Crippen LogP contribution is -2.47. The lowest BCUT2D eigenvalue weighted by molar-refractivity contribution is -0.128.